The van der Waals surface area contributed by atoms with E-state index in [4.69, 9.17) is 0 Å². The average molecular weight is 347 g/mol. The van der Waals surface area contributed by atoms with Crippen molar-refractivity contribution in [2.24, 2.45) is 11.1 Å². The molecule has 1 N–H and O–H groups in total. The smallest absolute Gasteiger partial charge is 0.425 e. The van der Waals surface area contributed by atoms with Gasteiger partial charge >= 0.3 is 13.2 Å². The minimum Gasteiger partial charge on any atom is -0.437 e. The van der Waals surface area contributed by atoms with E-state index in [1.165, 1.54) is 12.1 Å². The van der Waals surface area contributed by atoms with Crippen LogP contribution in [0.1, 0.15) is 18.5 Å². The predicted molar refractivity (Wildman–Crippen MR) is 80.9 cm³/mol. The molecule has 1 aliphatic rings. The van der Waals surface area contributed by atoms with Crippen molar-refractivity contribution in [3.63, 3.8) is 0 Å². The lowest BCUT2D eigenvalue weighted by Crippen LogP contribution is -2.44. The van der Waals surface area contributed by atoms with E-state index in [-0.39, 0.29) is 17.3 Å². The molecule has 10 heteroatoms. The molecule has 0 amide bonds. The summed E-state index contributed by atoms with van der Waals surface area (Å²) in [6, 6.07) is 2.54. The van der Waals surface area contributed by atoms with Gasteiger partial charge in [0.15, 0.2) is 0 Å². The first-order valence-corrected chi connectivity index (χ1v) is 7.57. The number of nitrogens with zero attached hydrogens (tertiary/aromatic N) is 3. The summed E-state index contributed by atoms with van der Waals surface area (Å²) in [7, 11) is -0.586. The molecule has 2 rings (SSSR count). The van der Waals surface area contributed by atoms with Crippen molar-refractivity contribution in [3.8, 4) is 0 Å². The van der Waals surface area contributed by atoms with E-state index in [9.17, 15) is 22.6 Å². The summed E-state index contributed by atoms with van der Waals surface area (Å²) in [5.41, 5.74) is 0.554. The highest BCUT2D eigenvalue weighted by atomic mass is 19.4. The molecule has 1 fully saturated rings. The number of hydrogen-bond donors (Lipinski definition) is 1. The molecule has 5 nitrogen and oxygen atoms in total. The molecule has 1 saturated heterocycles. The summed E-state index contributed by atoms with van der Waals surface area (Å²) >= 11 is 0. The maximum absolute atomic E-state index is 13.0. The lowest BCUT2D eigenvalue weighted by molar-refractivity contribution is -0.173. The van der Waals surface area contributed by atoms with Gasteiger partial charge in [0.2, 0.25) is 6.61 Å². The Kier molecular flexibility index (Phi) is 6.17. The van der Waals surface area contributed by atoms with Crippen LogP contribution in [0, 0.1) is 11.7 Å². The molecule has 132 valence electrons. The third-order valence-corrected chi connectivity index (χ3v) is 3.83. The van der Waals surface area contributed by atoms with Crippen molar-refractivity contribution in [1.82, 2.24) is 9.79 Å². The zero-order valence-electron chi connectivity index (χ0n) is 13.1. The monoisotopic (exact) mass is 347 g/mol. The Morgan fingerprint density at radius 3 is 2.58 bits per heavy atom. The SMILES string of the molecule is CB(O)N1CCC(C(=NOCC(F)(F)F)c2ccc(F)cn2)CC1. The van der Waals surface area contributed by atoms with E-state index in [0.717, 1.165) is 6.20 Å². The summed E-state index contributed by atoms with van der Waals surface area (Å²) < 4.78 is 49.8. The number of rotatable bonds is 5. The van der Waals surface area contributed by atoms with Gasteiger partial charge in [0.05, 0.1) is 11.9 Å². The van der Waals surface area contributed by atoms with Gasteiger partial charge < -0.3 is 14.7 Å². The summed E-state index contributed by atoms with van der Waals surface area (Å²) in [6.07, 6.45) is -2.34. The summed E-state index contributed by atoms with van der Waals surface area (Å²) in [5.74, 6) is -0.718. The van der Waals surface area contributed by atoms with E-state index in [2.05, 4.69) is 15.0 Å². The fraction of sp³-hybridized carbons (Fsp3) is 0.571. The van der Waals surface area contributed by atoms with Crippen LogP contribution in [-0.2, 0) is 4.84 Å². The third kappa shape index (κ3) is 5.45. The topological polar surface area (TPSA) is 58.0 Å². The van der Waals surface area contributed by atoms with Crippen LogP contribution in [0.4, 0.5) is 17.6 Å². The van der Waals surface area contributed by atoms with Crippen molar-refractivity contribution in [1.29, 1.82) is 0 Å². The lowest BCUT2D eigenvalue weighted by atomic mass is 9.79. The van der Waals surface area contributed by atoms with Gasteiger partial charge in [-0.15, -0.1) is 0 Å². The van der Waals surface area contributed by atoms with Gasteiger partial charge in [-0.05, 0) is 44.9 Å². The first kappa shape index (κ1) is 18.7. The van der Waals surface area contributed by atoms with E-state index in [0.29, 0.717) is 25.9 Å². The molecule has 2 heterocycles. The summed E-state index contributed by atoms with van der Waals surface area (Å²) in [4.78, 5) is 10.2. The highest BCUT2D eigenvalue weighted by Gasteiger charge is 2.31. The predicted octanol–water partition coefficient (Wildman–Crippen LogP) is 2.33. The number of alkyl halides is 3. The first-order valence-electron chi connectivity index (χ1n) is 7.57. The second-order valence-electron chi connectivity index (χ2n) is 5.67. The van der Waals surface area contributed by atoms with E-state index >= 15 is 0 Å². The quantitative estimate of drug-likeness (QED) is 0.384. The van der Waals surface area contributed by atoms with Crippen molar-refractivity contribution in [2.45, 2.75) is 25.8 Å². The van der Waals surface area contributed by atoms with Crippen LogP contribution in [0.3, 0.4) is 0 Å². The lowest BCUT2D eigenvalue weighted by Gasteiger charge is -2.32. The Morgan fingerprint density at radius 1 is 1.42 bits per heavy atom. The molecule has 1 aromatic rings. The van der Waals surface area contributed by atoms with Gasteiger partial charge in [-0.2, -0.15) is 13.2 Å². The number of pyridine rings is 1. The fourth-order valence-corrected chi connectivity index (χ4v) is 2.58. The second kappa shape index (κ2) is 7.93. The van der Waals surface area contributed by atoms with Crippen LogP contribution >= 0.6 is 0 Å². The summed E-state index contributed by atoms with van der Waals surface area (Å²) in [6.45, 7) is 1.30. The zero-order valence-corrected chi connectivity index (χ0v) is 13.1. The molecule has 0 spiro atoms. The molecule has 1 aliphatic heterocycles. The number of aromatic nitrogens is 1. The maximum Gasteiger partial charge on any atom is 0.425 e. The fourth-order valence-electron chi connectivity index (χ4n) is 2.58. The molecule has 0 bridgehead atoms. The molecule has 0 radical (unpaired) electrons. The highest BCUT2D eigenvalue weighted by Crippen LogP contribution is 2.23. The van der Waals surface area contributed by atoms with Crippen molar-refractivity contribution < 1.29 is 27.4 Å². The summed E-state index contributed by atoms with van der Waals surface area (Å²) in [5, 5.41) is 13.2. The van der Waals surface area contributed by atoms with Gasteiger partial charge in [0.1, 0.15) is 11.5 Å². The first-order chi connectivity index (χ1) is 11.3. The van der Waals surface area contributed by atoms with Gasteiger partial charge in [-0.25, -0.2) is 4.39 Å². The van der Waals surface area contributed by atoms with Crippen molar-refractivity contribution in [2.75, 3.05) is 19.7 Å². The van der Waals surface area contributed by atoms with Crippen molar-refractivity contribution >= 4 is 12.8 Å². The number of halogens is 4. The highest BCUT2D eigenvalue weighted by molar-refractivity contribution is 6.45. The number of piperidine rings is 1. The molecule has 0 unspecified atom stereocenters. The Morgan fingerprint density at radius 2 is 2.08 bits per heavy atom. The Labute approximate surface area is 137 Å². The van der Waals surface area contributed by atoms with Crippen LogP contribution in [-0.4, -0.2) is 53.5 Å². The van der Waals surface area contributed by atoms with Crippen LogP contribution < -0.4 is 0 Å². The molecule has 0 aliphatic carbocycles. The Balaban J connectivity index is 2.14. The molecule has 1 aromatic heterocycles. The van der Waals surface area contributed by atoms with Gasteiger partial charge in [0, 0.05) is 5.92 Å². The van der Waals surface area contributed by atoms with Crippen LogP contribution in [0.15, 0.2) is 23.5 Å². The molecular weight excluding hydrogens is 329 g/mol. The van der Waals surface area contributed by atoms with Gasteiger partial charge in [-0.3, -0.25) is 4.98 Å². The van der Waals surface area contributed by atoms with Crippen LogP contribution in [0.25, 0.3) is 0 Å². The zero-order chi connectivity index (χ0) is 17.7. The van der Waals surface area contributed by atoms with Gasteiger partial charge in [-0.1, -0.05) is 5.16 Å². The van der Waals surface area contributed by atoms with E-state index in [1.54, 1.807) is 6.82 Å². The third-order valence-electron chi connectivity index (χ3n) is 3.83. The number of oxime groups is 1. The van der Waals surface area contributed by atoms with E-state index < -0.39 is 25.7 Å². The molecule has 0 saturated carbocycles. The Hall–Kier alpha value is -1.68. The maximum atomic E-state index is 13.0. The standard InChI is InChI=1S/C14H18BF4N3O2/c1-15(23)22-6-4-10(5-7-22)13(21-24-9-14(17,18)19)12-3-2-11(16)8-20-12/h2-3,8,10,23H,4-7,9H2,1H3. The number of hydrogen-bond acceptors (Lipinski definition) is 5. The average Bonchev–Trinajstić information content (AvgIpc) is 2.52. The largest absolute Gasteiger partial charge is 0.437 e. The minimum absolute atomic E-state index is 0.175. The normalized spacial score (nSPS) is 17.8. The van der Waals surface area contributed by atoms with Gasteiger partial charge in [0.25, 0.3) is 0 Å². The Bertz CT molecular complexity index is 558. The minimum atomic E-state index is -4.49. The second-order valence-corrected chi connectivity index (χ2v) is 5.67. The van der Waals surface area contributed by atoms with Crippen molar-refractivity contribution in [3.05, 3.63) is 29.8 Å². The molecule has 0 atom stereocenters. The molecule has 0 aromatic carbocycles. The molecular formula is C14H18BF4N3O2. The van der Waals surface area contributed by atoms with Crippen LogP contribution in [0.2, 0.25) is 6.82 Å². The van der Waals surface area contributed by atoms with E-state index in [1.807, 2.05) is 4.81 Å². The molecule has 24 heavy (non-hydrogen) atoms. The van der Waals surface area contributed by atoms with Crippen LogP contribution in [0.5, 0.6) is 0 Å².